The molecule has 1 rings (SSSR count). The van der Waals surface area contributed by atoms with E-state index in [1.165, 1.54) is 16.8 Å². The molecule has 0 saturated carbocycles. The maximum absolute atomic E-state index is 5.37. The number of rotatable bonds is 6. The zero-order valence-electron chi connectivity index (χ0n) is 10.9. The third-order valence-corrected chi connectivity index (χ3v) is 2.60. The van der Waals surface area contributed by atoms with E-state index in [4.69, 9.17) is 10.5 Å². The number of ether oxygens (including phenoxy) is 1. The molecule has 0 saturated heterocycles. The topological polar surface area (TPSA) is 38.5 Å². The molecule has 0 aromatic heterocycles. The largest absolute Gasteiger partial charge is 0.378 e. The molecule has 0 fully saturated rings. The summed E-state index contributed by atoms with van der Waals surface area (Å²) in [4.78, 5) is 2.21. The second-order valence-electron chi connectivity index (χ2n) is 4.11. The lowest BCUT2D eigenvalue weighted by molar-refractivity contribution is 0.148. The molecule has 98 valence electrons. The van der Waals surface area contributed by atoms with E-state index in [1.807, 2.05) is 0 Å². The van der Waals surface area contributed by atoms with Crippen molar-refractivity contribution in [3.63, 3.8) is 0 Å². The van der Waals surface area contributed by atoms with Crippen LogP contribution in [0.25, 0.3) is 0 Å². The van der Waals surface area contributed by atoms with Crippen LogP contribution in [-0.2, 0) is 4.74 Å². The number of halogens is 1. The fourth-order valence-electron chi connectivity index (χ4n) is 1.74. The van der Waals surface area contributed by atoms with Gasteiger partial charge in [-0.1, -0.05) is 17.7 Å². The Morgan fingerprint density at radius 3 is 2.53 bits per heavy atom. The number of nitrogens with zero attached hydrogens (tertiary/aromatic N) is 1. The highest BCUT2D eigenvalue weighted by molar-refractivity contribution is 5.85. The zero-order chi connectivity index (χ0) is 12.0. The molecule has 0 amide bonds. The zero-order valence-corrected chi connectivity index (χ0v) is 11.7. The molecule has 4 heteroatoms. The van der Waals surface area contributed by atoms with Crippen LogP contribution >= 0.6 is 12.4 Å². The average molecular weight is 259 g/mol. The van der Waals surface area contributed by atoms with Gasteiger partial charge in [0.2, 0.25) is 0 Å². The van der Waals surface area contributed by atoms with E-state index in [-0.39, 0.29) is 12.4 Å². The lowest BCUT2D eigenvalue weighted by Gasteiger charge is -2.21. The Morgan fingerprint density at radius 1 is 1.24 bits per heavy atom. The molecule has 0 spiro atoms. The van der Waals surface area contributed by atoms with Crippen LogP contribution in [-0.4, -0.2) is 33.4 Å². The van der Waals surface area contributed by atoms with Crippen LogP contribution in [0.15, 0.2) is 18.2 Å². The summed E-state index contributed by atoms with van der Waals surface area (Å²) in [5, 5.41) is 0. The number of benzene rings is 1. The number of aryl methyl sites for hydroxylation is 2. The summed E-state index contributed by atoms with van der Waals surface area (Å²) in [6.45, 7) is 7.10. The molecule has 0 heterocycles. The number of anilines is 1. The van der Waals surface area contributed by atoms with Gasteiger partial charge in [0.1, 0.15) is 0 Å². The summed E-state index contributed by atoms with van der Waals surface area (Å²) < 4.78 is 5.37. The standard InChI is InChI=1S/C13H22N2O.ClH/c1-11-4-5-13(12(2)10-11)15(3)7-9-16-8-6-14;/h4-5,10H,6-9,14H2,1-3H3;1H. The lowest BCUT2D eigenvalue weighted by Crippen LogP contribution is -2.24. The minimum atomic E-state index is 0. The number of likely N-dealkylation sites (N-methyl/N-ethyl adjacent to an activating group) is 1. The predicted molar refractivity (Wildman–Crippen MR) is 76.3 cm³/mol. The number of hydrogen-bond acceptors (Lipinski definition) is 3. The van der Waals surface area contributed by atoms with Gasteiger partial charge in [0.25, 0.3) is 0 Å². The molecule has 3 nitrogen and oxygen atoms in total. The Morgan fingerprint density at radius 2 is 1.94 bits per heavy atom. The van der Waals surface area contributed by atoms with E-state index >= 15 is 0 Å². The molecule has 17 heavy (non-hydrogen) atoms. The molecule has 1 aromatic rings. The van der Waals surface area contributed by atoms with Gasteiger partial charge in [-0.05, 0) is 25.5 Å². The summed E-state index contributed by atoms with van der Waals surface area (Å²) in [5.41, 5.74) is 9.23. The lowest BCUT2D eigenvalue weighted by atomic mass is 10.1. The smallest absolute Gasteiger partial charge is 0.0642 e. The van der Waals surface area contributed by atoms with Crippen LogP contribution < -0.4 is 10.6 Å². The summed E-state index contributed by atoms with van der Waals surface area (Å²) >= 11 is 0. The highest BCUT2D eigenvalue weighted by atomic mass is 35.5. The van der Waals surface area contributed by atoms with Crippen molar-refractivity contribution in [2.75, 3.05) is 38.3 Å². The van der Waals surface area contributed by atoms with Crippen molar-refractivity contribution in [3.8, 4) is 0 Å². The average Bonchev–Trinajstić information content (AvgIpc) is 2.24. The Bertz CT molecular complexity index is 331. The van der Waals surface area contributed by atoms with Crippen LogP contribution in [0.5, 0.6) is 0 Å². The van der Waals surface area contributed by atoms with E-state index in [0.29, 0.717) is 13.2 Å². The summed E-state index contributed by atoms with van der Waals surface area (Å²) in [7, 11) is 2.09. The Balaban J connectivity index is 0.00000256. The van der Waals surface area contributed by atoms with Gasteiger partial charge in [-0.3, -0.25) is 0 Å². The van der Waals surface area contributed by atoms with Crippen LogP contribution in [0.3, 0.4) is 0 Å². The number of hydrogen-bond donors (Lipinski definition) is 1. The SMILES string of the molecule is Cc1ccc(N(C)CCOCCN)c(C)c1.Cl. The molecule has 0 radical (unpaired) electrons. The highest BCUT2D eigenvalue weighted by Gasteiger charge is 2.03. The van der Waals surface area contributed by atoms with Crippen LogP contribution in [0, 0.1) is 13.8 Å². The quantitative estimate of drug-likeness (QED) is 0.795. The molecule has 0 bridgehead atoms. The van der Waals surface area contributed by atoms with E-state index in [0.717, 1.165) is 13.2 Å². The second-order valence-corrected chi connectivity index (χ2v) is 4.11. The second kappa shape index (κ2) is 8.34. The molecule has 0 unspecified atom stereocenters. The minimum absolute atomic E-state index is 0. The van der Waals surface area contributed by atoms with Gasteiger partial charge in [0.05, 0.1) is 13.2 Å². The van der Waals surface area contributed by atoms with Crippen LogP contribution in [0.2, 0.25) is 0 Å². The molecular formula is C13H23ClN2O. The van der Waals surface area contributed by atoms with Crippen molar-refractivity contribution in [3.05, 3.63) is 29.3 Å². The van der Waals surface area contributed by atoms with Gasteiger partial charge in [0, 0.05) is 25.8 Å². The third kappa shape index (κ3) is 5.39. The van der Waals surface area contributed by atoms with E-state index < -0.39 is 0 Å². The molecular weight excluding hydrogens is 236 g/mol. The van der Waals surface area contributed by atoms with Crippen LogP contribution in [0.1, 0.15) is 11.1 Å². The Hall–Kier alpha value is -0.770. The highest BCUT2D eigenvalue weighted by Crippen LogP contribution is 2.19. The first kappa shape index (κ1) is 16.2. The molecule has 0 aliphatic carbocycles. The Labute approximate surface area is 110 Å². The fourth-order valence-corrected chi connectivity index (χ4v) is 1.74. The molecule has 0 aliphatic heterocycles. The summed E-state index contributed by atoms with van der Waals surface area (Å²) in [6, 6.07) is 6.50. The van der Waals surface area contributed by atoms with Gasteiger partial charge >= 0.3 is 0 Å². The van der Waals surface area contributed by atoms with Gasteiger partial charge in [-0.25, -0.2) is 0 Å². The van der Waals surface area contributed by atoms with Gasteiger partial charge < -0.3 is 15.4 Å². The van der Waals surface area contributed by atoms with Crippen molar-refractivity contribution in [2.45, 2.75) is 13.8 Å². The van der Waals surface area contributed by atoms with Gasteiger partial charge in [-0.2, -0.15) is 0 Å². The monoisotopic (exact) mass is 258 g/mol. The van der Waals surface area contributed by atoms with Crippen molar-refractivity contribution < 1.29 is 4.74 Å². The molecule has 2 N–H and O–H groups in total. The Kier molecular flexibility index (Phi) is 7.96. The first-order valence-electron chi connectivity index (χ1n) is 5.71. The van der Waals surface area contributed by atoms with Crippen molar-refractivity contribution in [2.24, 2.45) is 5.73 Å². The van der Waals surface area contributed by atoms with Crippen molar-refractivity contribution >= 4 is 18.1 Å². The normalized spacial score (nSPS) is 9.88. The maximum Gasteiger partial charge on any atom is 0.0642 e. The van der Waals surface area contributed by atoms with Crippen molar-refractivity contribution in [1.82, 2.24) is 0 Å². The molecule has 0 aliphatic rings. The third-order valence-electron chi connectivity index (χ3n) is 2.60. The van der Waals surface area contributed by atoms with Crippen molar-refractivity contribution in [1.29, 1.82) is 0 Å². The maximum atomic E-state index is 5.37. The summed E-state index contributed by atoms with van der Waals surface area (Å²) in [6.07, 6.45) is 0. The van der Waals surface area contributed by atoms with Crippen LogP contribution in [0.4, 0.5) is 5.69 Å². The van der Waals surface area contributed by atoms with Gasteiger partial charge in [-0.15, -0.1) is 12.4 Å². The van der Waals surface area contributed by atoms with E-state index in [9.17, 15) is 0 Å². The molecule has 1 aromatic carbocycles. The predicted octanol–water partition coefficient (Wildman–Crippen LogP) is 2.14. The first-order chi connectivity index (χ1) is 7.65. The van der Waals surface area contributed by atoms with E-state index in [2.05, 4.69) is 44.0 Å². The summed E-state index contributed by atoms with van der Waals surface area (Å²) in [5.74, 6) is 0. The van der Waals surface area contributed by atoms with E-state index in [1.54, 1.807) is 0 Å². The first-order valence-corrected chi connectivity index (χ1v) is 5.71. The number of nitrogens with two attached hydrogens (primary N) is 1. The molecule has 0 atom stereocenters. The fraction of sp³-hybridized carbons (Fsp3) is 0.538. The minimum Gasteiger partial charge on any atom is -0.378 e. The van der Waals surface area contributed by atoms with Gasteiger partial charge in [0.15, 0.2) is 0 Å².